The Kier molecular flexibility index (Phi) is 4.85. The lowest BCUT2D eigenvalue weighted by Gasteiger charge is -2.37. The molecule has 4 nitrogen and oxygen atoms in total. The number of methoxy groups -OCH3 is 1. The van der Waals surface area contributed by atoms with E-state index in [4.69, 9.17) is 4.74 Å². The minimum absolute atomic E-state index is 0.292. The summed E-state index contributed by atoms with van der Waals surface area (Å²) in [6.45, 7) is 3.70. The van der Waals surface area contributed by atoms with Crippen LogP contribution in [0.25, 0.3) is 0 Å². The molecule has 3 unspecified atom stereocenters. The first-order chi connectivity index (χ1) is 9.13. The first-order valence-electron chi connectivity index (χ1n) is 7.63. The summed E-state index contributed by atoms with van der Waals surface area (Å²) in [4.78, 5) is 14.0. The third-order valence-corrected chi connectivity index (χ3v) is 5.01. The minimum atomic E-state index is -0.610. The summed E-state index contributed by atoms with van der Waals surface area (Å²) in [5, 5.41) is 9.58. The van der Waals surface area contributed by atoms with E-state index >= 15 is 0 Å². The molecule has 0 radical (unpaired) electrons. The van der Waals surface area contributed by atoms with Gasteiger partial charge in [0.15, 0.2) is 0 Å². The van der Waals surface area contributed by atoms with Gasteiger partial charge in [0.05, 0.1) is 11.5 Å². The van der Waals surface area contributed by atoms with Gasteiger partial charge in [-0.15, -0.1) is 0 Å². The zero-order valence-electron chi connectivity index (χ0n) is 12.2. The lowest BCUT2D eigenvalue weighted by molar-refractivity contribution is -0.149. The summed E-state index contributed by atoms with van der Waals surface area (Å²) in [7, 11) is 1.79. The van der Waals surface area contributed by atoms with Crippen LogP contribution in [0.3, 0.4) is 0 Å². The van der Waals surface area contributed by atoms with Crippen LogP contribution in [-0.4, -0.2) is 48.3 Å². The average molecular weight is 269 g/mol. The second kappa shape index (κ2) is 6.23. The van der Waals surface area contributed by atoms with Crippen molar-refractivity contribution in [2.24, 2.45) is 5.41 Å². The van der Waals surface area contributed by atoms with Crippen molar-refractivity contribution < 1.29 is 14.6 Å². The number of rotatable bonds is 5. The molecule has 2 rings (SSSR count). The molecule has 2 fully saturated rings. The Labute approximate surface area is 116 Å². The SMILES string of the molecule is CCCC1(C(=O)O)CCN(C2CCCCC2OC)C1. The van der Waals surface area contributed by atoms with Crippen LogP contribution in [0.1, 0.15) is 51.9 Å². The Morgan fingerprint density at radius 2 is 2.16 bits per heavy atom. The van der Waals surface area contributed by atoms with Gasteiger partial charge in [0.1, 0.15) is 0 Å². The monoisotopic (exact) mass is 269 g/mol. The number of nitrogens with zero attached hydrogens (tertiary/aromatic N) is 1. The van der Waals surface area contributed by atoms with E-state index in [1.807, 2.05) is 0 Å². The van der Waals surface area contributed by atoms with Crippen molar-refractivity contribution in [3.63, 3.8) is 0 Å². The standard InChI is InChI=1S/C15H27NO3/c1-3-8-15(14(17)18)9-10-16(11-15)12-6-4-5-7-13(12)19-2/h12-13H,3-11H2,1-2H3,(H,17,18). The highest BCUT2D eigenvalue weighted by Gasteiger charge is 2.47. The summed E-state index contributed by atoms with van der Waals surface area (Å²) in [5.74, 6) is -0.610. The quantitative estimate of drug-likeness (QED) is 0.833. The van der Waals surface area contributed by atoms with E-state index in [1.165, 1.54) is 12.8 Å². The molecule has 1 heterocycles. The molecule has 1 N–H and O–H groups in total. The van der Waals surface area contributed by atoms with E-state index in [0.29, 0.717) is 18.7 Å². The van der Waals surface area contributed by atoms with Crippen LogP contribution in [0.5, 0.6) is 0 Å². The van der Waals surface area contributed by atoms with Crippen molar-refractivity contribution in [1.29, 1.82) is 0 Å². The molecule has 0 amide bonds. The first-order valence-corrected chi connectivity index (χ1v) is 7.63. The number of hydrogen-bond donors (Lipinski definition) is 1. The highest BCUT2D eigenvalue weighted by Crippen LogP contribution is 2.39. The van der Waals surface area contributed by atoms with Gasteiger partial charge in [-0.3, -0.25) is 9.69 Å². The predicted molar refractivity (Wildman–Crippen MR) is 74.2 cm³/mol. The fourth-order valence-corrected chi connectivity index (χ4v) is 3.92. The average Bonchev–Trinajstić information content (AvgIpc) is 2.84. The number of likely N-dealkylation sites (tertiary alicyclic amines) is 1. The Morgan fingerprint density at radius 3 is 2.79 bits per heavy atom. The van der Waals surface area contributed by atoms with E-state index in [-0.39, 0.29) is 0 Å². The van der Waals surface area contributed by atoms with Gasteiger partial charge in [0.25, 0.3) is 0 Å². The zero-order chi connectivity index (χ0) is 13.9. The third-order valence-electron chi connectivity index (χ3n) is 5.01. The Morgan fingerprint density at radius 1 is 1.42 bits per heavy atom. The molecule has 19 heavy (non-hydrogen) atoms. The van der Waals surface area contributed by atoms with E-state index in [2.05, 4.69) is 11.8 Å². The van der Waals surface area contributed by atoms with Crippen LogP contribution in [0.15, 0.2) is 0 Å². The number of ether oxygens (including phenoxy) is 1. The normalized spacial score (nSPS) is 36.5. The first kappa shape index (κ1) is 14.8. The summed E-state index contributed by atoms with van der Waals surface area (Å²) >= 11 is 0. The van der Waals surface area contributed by atoms with E-state index in [9.17, 15) is 9.90 Å². The zero-order valence-corrected chi connectivity index (χ0v) is 12.2. The van der Waals surface area contributed by atoms with Crippen molar-refractivity contribution in [2.45, 2.75) is 64.0 Å². The van der Waals surface area contributed by atoms with E-state index < -0.39 is 11.4 Å². The topological polar surface area (TPSA) is 49.8 Å². The largest absolute Gasteiger partial charge is 0.481 e. The molecule has 0 aromatic heterocycles. The molecule has 2 aliphatic rings. The smallest absolute Gasteiger partial charge is 0.310 e. The maximum absolute atomic E-state index is 11.6. The van der Waals surface area contributed by atoms with Gasteiger partial charge in [-0.05, 0) is 32.2 Å². The number of hydrogen-bond acceptors (Lipinski definition) is 3. The molecule has 1 saturated carbocycles. The van der Waals surface area contributed by atoms with Gasteiger partial charge in [-0.25, -0.2) is 0 Å². The summed E-state index contributed by atoms with van der Waals surface area (Å²) in [5.41, 5.74) is -0.509. The summed E-state index contributed by atoms with van der Waals surface area (Å²) < 4.78 is 5.62. The molecule has 4 heteroatoms. The highest BCUT2D eigenvalue weighted by atomic mass is 16.5. The van der Waals surface area contributed by atoms with Crippen molar-refractivity contribution >= 4 is 5.97 Å². The molecule has 1 saturated heterocycles. The summed E-state index contributed by atoms with van der Waals surface area (Å²) in [6, 6.07) is 0.428. The van der Waals surface area contributed by atoms with Crippen molar-refractivity contribution in [2.75, 3.05) is 20.2 Å². The van der Waals surface area contributed by atoms with E-state index in [0.717, 1.165) is 38.6 Å². The van der Waals surface area contributed by atoms with Gasteiger partial charge in [0.2, 0.25) is 0 Å². The Bertz CT molecular complexity index is 321. The van der Waals surface area contributed by atoms with Crippen LogP contribution >= 0.6 is 0 Å². The van der Waals surface area contributed by atoms with Gasteiger partial charge in [0, 0.05) is 19.7 Å². The molecule has 1 aliphatic carbocycles. The van der Waals surface area contributed by atoms with Crippen LogP contribution < -0.4 is 0 Å². The lowest BCUT2D eigenvalue weighted by Crippen LogP contribution is -2.46. The van der Waals surface area contributed by atoms with Gasteiger partial charge in [-0.1, -0.05) is 26.2 Å². The summed E-state index contributed by atoms with van der Waals surface area (Å²) in [6.07, 6.45) is 7.58. The lowest BCUT2D eigenvalue weighted by atomic mass is 9.82. The number of aliphatic carboxylic acids is 1. The molecule has 0 bridgehead atoms. The maximum Gasteiger partial charge on any atom is 0.310 e. The van der Waals surface area contributed by atoms with Crippen molar-refractivity contribution in [1.82, 2.24) is 4.90 Å². The molecular formula is C15H27NO3. The van der Waals surface area contributed by atoms with Crippen molar-refractivity contribution in [3.05, 3.63) is 0 Å². The van der Waals surface area contributed by atoms with Gasteiger partial charge in [-0.2, -0.15) is 0 Å². The fraction of sp³-hybridized carbons (Fsp3) is 0.933. The molecule has 0 aromatic rings. The van der Waals surface area contributed by atoms with Gasteiger partial charge >= 0.3 is 5.97 Å². The molecular weight excluding hydrogens is 242 g/mol. The molecule has 110 valence electrons. The highest BCUT2D eigenvalue weighted by molar-refractivity contribution is 5.75. The molecule has 1 aliphatic heterocycles. The molecule has 3 atom stereocenters. The van der Waals surface area contributed by atoms with Crippen LogP contribution in [0, 0.1) is 5.41 Å². The second-order valence-electron chi connectivity index (χ2n) is 6.18. The van der Waals surface area contributed by atoms with E-state index in [1.54, 1.807) is 7.11 Å². The fourth-order valence-electron chi connectivity index (χ4n) is 3.92. The Balaban J connectivity index is 2.05. The Hall–Kier alpha value is -0.610. The number of carboxylic acids is 1. The van der Waals surface area contributed by atoms with Gasteiger partial charge < -0.3 is 9.84 Å². The second-order valence-corrected chi connectivity index (χ2v) is 6.18. The molecule has 0 aromatic carbocycles. The predicted octanol–water partition coefficient (Wildman–Crippen LogP) is 2.52. The van der Waals surface area contributed by atoms with Crippen LogP contribution in [0.2, 0.25) is 0 Å². The molecule has 0 spiro atoms. The third kappa shape index (κ3) is 2.95. The van der Waals surface area contributed by atoms with Crippen LogP contribution in [-0.2, 0) is 9.53 Å². The number of carboxylic acid groups (broad SMARTS) is 1. The number of carbonyl (C=O) groups is 1. The van der Waals surface area contributed by atoms with Crippen LogP contribution in [0.4, 0.5) is 0 Å². The maximum atomic E-state index is 11.6. The minimum Gasteiger partial charge on any atom is -0.481 e. The van der Waals surface area contributed by atoms with Crippen molar-refractivity contribution in [3.8, 4) is 0 Å².